The molecule has 2 aromatic rings. The monoisotopic (exact) mass is 620 g/mol. The Labute approximate surface area is 266 Å². The first-order chi connectivity index (χ1) is 21.7. The van der Waals surface area contributed by atoms with E-state index in [0.717, 1.165) is 75.3 Å². The summed E-state index contributed by atoms with van der Waals surface area (Å²) in [4.78, 5) is 55.7. The van der Waals surface area contributed by atoms with Crippen molar-refractivity contribution < 1.29 is 23.6 Å². The number of rotatable bonds is 6. The average molecular weight is 621 g/mol. The smallest absolute Gasteiger partial charge is 0.243 e. The molecule has 4 amide bonds. The van der Waals surface area contributed by atoms with Gasteiger partial charge in [0.15, 0.2) is 0 Å². The molecule has 2 aliphatic heterocycles. The van der Waals surface area contributed by atoms with Crippen molar-refractivity contribution in [3.63, 3.8) is 0 Å². The van der Waals surface area contributed by atoms with Crippen molar-refractivity contribution in [3.8, 4) is 0 Å². The van der Waals surface area contributed by atoms with Gasteiger partial charge in [0.05, 0.1) is 18.5 Å². The molecule has 0 radical (unpaired) electrons. The Morgan fingerprint density at radius 2 is 1.60 bits per heavy atom. The largest absolute Gasteiger partial charge is 0.348 e. The quantitative estimate of drug-likeness (QED) is 0.371. The van der Waals surface area contributed by atoms with Gasteiger partial charge in [-0.2, -0.15) is 0 Å². The van der Waals surface area contributed by atoms with Gasteiger partial charge in [0, 0.05) is 18.5 Å². The van der Waals surface area contributed by atoms with E-state index in [1.165, 1.54) is 6.07 Å². The maximum Gasteiger partial charge on any atom is 0.243 e. The van der Waals surface area contributed by atoms with Crippen molar-refractivity contribution in [1.29, 1.82) is 0 Å². The van der Waals surface area contributed by atoms with Crippen LogP contribution < -0.4 is 16.0 Å². The second-order valence-corrected chi connectivity index (χ2v) is 12.7. The van der Waals surface area contributed by atoms with Gasteiger partial charge in [-0.3, -0.25) is 19.2 Å². The van der Waals surface area contributed by atoms with E-state index in [-0.39, 0.29) is 30.7 Å². The highest BCUT2D eigenvalue weighted by atomic mass is 19.1. The first-order valence-electron chi connectivity index (χ1n) is 16.7. The molecule has 2 heterocycles. The normalized spacial score (nSPS) is 23.1. The van der Waals surface area contributed by atoms with Crippen LogP contribution in [0.5, 0.6) is 0 Å². The standard InChI is InChI=1S/C36H49FN4O4/c1-25-20-21-28(29(37)23-25)26(2)38-35(44)30-17-12-7-5-3-4-6-8-13-19-33(42)39-31(36(45)40-30)24-34(43)41-22-14-18-32(41)27-15-10-9-11-16-27/h9-11,15-16,20-21,23,26,30-32H,3-8,12-14,17-19,22,24H2,1-2H3,(H,38,44)(H,39,42)(H,40,45)/t26-,30-,31-,32+/m0/s1. The zero-order valence-corrected chi connectivity index (χ0v) is 26.8. The maximum atomic E-state index is 14.7. The number of halogens is 1. The molecule has 0 saturated carbocycles. The third-order valence-corrected chi connectivity index (χ3v) is 9.05. The van der Waals surface area contributed by atoms with E-state index in [9.17, 15) is 23.6 Å². The molecule has 2 aliphatic rings. The van der Waals surface area contributed by atoms with Crippen molar-refractivity contribution >= 4 is 23.6 Å². The lowest BCUT2D eigenvalue weighted by atomic mass is 10.0. The number of carbonyl (C=O) groups is 4. The van der Waals surface area contributed by atoms with Gasteiger partial charge in [0.1, 0.15) is 17.9 Å². The van der Waals surface area contributed by atoms with Crippen molar-refractivity contribution in [2.75, 3.05) is 6.54 Å². The third kappa shape index (κ3) is 10.1. The van der Waals surface area contributed by atoms with Crippen molar-refractivity contribution in [2.45, 2.75) is 121 Å². The van der Waals surface area contributed by atoms with Crippen molar-refractivity contribution in [1.82, 2.24) is 20.9 Å². The molecule has 244 valence electrons. The Bertz CT molecular complexity index is 1300. The predicted octanol–water partition coefficient (Wildman–Crippen LogP) is 5.95. The van der Waals surface area contributed by atoms with E-state index >= 15 is 0 Å². The van der Waals surface area contributed by atoms with Gasteiger partial charge in [-0.05, 0) is 56.7 Å². The van der Waals surface area contributed by atoms with Gasteiger partial charge < -0.3 is 20.9 Å². The van der Waals surface area contributed by atoms with E-state index in [1.807, 2.05) is 30.3 Å². The molecule has 4 atom stereocenters. The summed E-state index contributed by atoms with van der Waals surface area (Å²) in [6.45, 7) is 4.10. The number of nitrogens with zero attached hydrogens (tertiary/aromatic N) is 1. The molecule has 9 heteroatoms. The summed E-state index contributed by atoms with van der Waals surface area (Å²) in [7, 11) is 0. The fourth-order valence-corrected chi connectivity index (χ4v) is 6.47. The lowest BCUT2D eigenvalue weighted by molar-refractivity contribution is -0.137. The fraction of sp³-hybridized carbons (Fsp3) is 0.556. The van der Waals surface area contributed by atoms with E-state index < -0.39 is 35.8 Å². The average Bonchev–Trinajstić information content (AvgIpc) is 3.51. The van der Waals surface area contributed by atoms with Gasteiger partial charge >= 0.3 is 0 Å². The topological polar surface area (TPSA) is 108 Å². The Balaban J connectivity index is 1.50. The van der Waals surface area contributed by atoms with Crippen LogP contribution >= 0.6 is 0 Å². The zero-order valence-electron chi connectivity index (χ0n) is 26.8. The molecular weight excluding hydrogens is 571 g/mol. The second-order valence-electron chi connectivity index (χ2n) is 12.7. The summed E-state index contributed by atoms with van der Waals surface area (Å²) in [6, 6.07) is 12.0. The molecule has 4 rings (SSSR count). The van der Waals surface area contributed by atoms with Gasteiger partial charge in [-0.25, -0.2) is 4.39 Å². The van der Waals surface area contributed by atoms with Crippen LogP contribution in [0.25, 0.3) is 0 Å². The lowest BCUT2D eigenvalue weighted by Crippen LogP contribution is -2.55. The summed E-state index contributed by atoms with van der Waals surface area (Å²) < 4.78 is 14.7. The van der Waals surface area contributed by atoms with Crippen LogP contribution in [0.2, 0.25) is 0 Å². The summed E-state index contributed by atoms with van der Waals surface area (Å²) in [6.07, 6.45) is 9.75. The van der Waals surface area contributed by atoms with Crippen molar-refractivity contribution in [2.24, 2.45) is 0 Å². The first-order valence-corrected chi connectivity index (χ1v) is 16.7. The van der Waals surface area contributed by atoms with Crippen LogP contribution in [0.3, 0.4) is 0 Å². The van der Waals surface area contributed by atoms with Crippen molar-refractivity contribution in [3.05, 3.63) is 71.0 Å². The predicted molar refractivity (Wildman–Crippen MR) is 172 cm³/mol. The number of hydrogen-bond acceptors (Lipinski definition) is 4. The molecule has 0 spiro atoms. The highest BCUT2D eigenvalue weighted by Gasteiger charge is 2.34. The molecule has 0 aliphatic carbocycles. The number of hydrogen-bond donors (Lipinski definition) is 3. The number of amides is 4. The second kappa shape index (κ2) is 17.1. The van der Waals surface area contributed by atoms with E-state index in [2.05, 4.69) is 16.0 Å². The van der Waals surface area contributed by atoms with E-state index in [4.69, 9.17) is 0 Å². The fourth-order valence-electron chi connectivity index (χ4n) is 6.47. The Hall–Kier alpha value is -3.75. The zero-order chi connectivity index (χ0) is 32.2. The molecule has 2 fully saturated rings. The van der Waals surface area contributed by atoms with Crippen LogP contribution in [-0.4, -0.2) is 47.2 Å². The maximum absolute atomic E-state index is 14.7. The molecular formula is C36H49FN4O4. The van der Waals surface area contributed by atoms with E-state index in [0.29, 0.717) is 18.5 Å². The number of nitrogens with one attached hydrogen (secondary N) is 3. The number of benzene rings is 2. The van der Waals surface area contributed by atoms with Crippen LogP contribution in [0.1, 0.15) is 119 Å². The van der Waals surface area contributed by atoms with Gasteiger partial charge in [0.2, 0.25) is 23.6 Å². The van der Waals surface area contributed by atoms with Crippen LogP contribution in [0.15, 0.2) is 48.5 Å². The first kappa shape index (κ1) is 34.1. The molecule has 3 N–H and O–H groups in total. The van der Waals surface area contributed by atoms with Gasteiger partial charge in [-0.1, -0.05) is 87.4 Å². The minimum Gasteiger partial charge on any atom is -0.348 e. The Morgan fingerprint density at radius 1 is 0.911 bits per heavy atom. The molecule has 0 bridgehead atoms. The molecule has 45 heavy (non-hydrogen) atoms. The minimum atomic E-state index is -1.11. The van der Waals surface area contributed by atoms with Gasteiger partial charge in [0.25, 0.3) is 0 Å². The molecule has 0 aromatic heterocycles. The summed E-state index contributed by atoms with van der Waals surface area (Å²) in [5, 5.41) is 8.55. The number of likely N-dealkylation sites (tertiary alicyclic amines) is 1. The highest BCUT2D eigenvalue weighted by Crippen LogP contribution is 2.32. The number of carbonyl (C=O) groups excluding carboxylic acids is 4. The van der Waals surface area contributed by atoms with E-state index in [1.54, 1.807) is 30.9 Å². The van der Waals surface area contributed by atoms with Gasteiger partial charge in [-0.15, -0.1) is 0 Å². The summed E-state index contributed by atoms with van der Waals surface area (Å²) >= 11 is 0. The molecule has 8 nitrogen and oxygen atoms in total. The summed E-state index contributed by atoms with van der Waals surface area (Å²) in [5.41, 5.74) is 2.19. The molecule has 2 saturated heterocycles. The SMILES string of the molecule is Cc1ccc([C@H](C)NC(=O)[C@@H]2CCCCCCCCCCC(=O)N[C@@H](CC(=O)N3CCC[C@@H]3c3ccccc3)C(=O)N2)c(F)c1. The Kier molecular flexibility index (Phi) is 13.0. The Morgan fingerprint density at radius 3 is 2.31 bits per heavy atom. The minimum absolute atomic E-state index is 0.0779. The van der Waals surface area contributed by atoms with Crippen LogP contribution in [-0.2, 0) is 19.2 Å². The highest BCUT2D eigenvalue weighted by molar-refractivity contribution is 5.95. The lowest BCUT2D eigenvalue weighted by Gasteiger charge is -2.28. The third-order valence-electron chi connectivity index (χ3n) is 9.05. The van der Waals surface area contributed by atoms with Crippen LogP contribution in [0.4, 0.5) is 4.39 Å². The van der Waals surface area contributed by atoms with Crippen LogP contribution in [0, 0.1) is 12.7 Å². The number of aryl methyl sites for hydroxylation is 1. The molecule has 0 unspecified atom stereocenters. The summed E-state index contributed by atoms with van der Waals surface area (Å²) in [5.74, 6) is -1.87. The molecule has 2 aromatic carbocycles.